The van der Waals surface area contributed by atoms with Crippen LogP contribution >= 0.6 is 0 Å². The molecular formula is C19H20F4N2O3S. The van der Waals surface area contributed by atoms with E-state index in [0.717, 1.165) is 31.3 Å². The van der Waals surface area contributed by atoms with Gasteiger partial charge in [-0.3, -0.25) is 9.62 Å². The summed E-state index contributed by atoms with van der Waals surface area (Å²) in [6, 6.07) is 7.98. The maximum absolute atomic E-state index is 13.4. The van der Waals surface area contributed by atoms with Crippen molar-refractivity contribution < 1.29 is 30.7 Å². The van der Waals surface area contributed by atoms with Crippen LogP contribution in [0.25, 0.3) is 0 Å². The van der Waals surface area contributed by atoms with Gasteiger partial charge in [0.1, 0.15) is 5.82 Å². The smallest absolute Gasteiger partial charge is 0.371 e. The van der Waals surface area contributed by atoms with E-state index in [1.807, 2.05) is 0 Å². The van der Waals surface area contributed by atoms with Gasteiger partial charge in [-0.05, 0) is 42.4 Å². The number of nitrogens with zero attached hydrogens (tertiary/aromatic N) is 1. The fraction of sp³-hybridized carbons (Fsp3) is 0.368. The van der Waals surface area contributed by atoms with Crippen molar-refractivity contribution in [2.24, 2.45) is 0 Å². The van der Waals surface area contributed by atoms with Crippen LogP contribution in [0.5, 0.6) is 0 Å². The quantitative estimate of drug-likeness (QED) is 0.725. The molecule has 158 valence electrons. The standard InChI is InChI=1S/C19H20F4N2O3S/c1-2-25-9-10-28-18(12-25)13-3-5-14(6-4-13)24-29(26,27)15-7-8-17(20)16(11-15)19(21,22)23/h3-8,11,18,24H,2,9-10,12H2,1H3. The summed E-state index contributed by atoms with van der Waals surface area (Å²) in [6.45, 7) is 5.12. The Balaban J connectivity index is 1.77. The van der Waals surface area contributed by atoms with E-state index in [2.05, 4.69) is 16.5 Å². The predicted molar refractivity (Wildman–Crippen MR) is 99.5 cm³/mol. The molecule has 1 saturated heterocycles. The molecule has 2 aromatic rings. The first-order chi connectivity index (χ1) is 13.6. The first-order valence-corrected chi connectivity index (χ1v) is 10.4. The Hall–Kier alpha value is -2.17. The molecule has 1 unspecified atom stereocenters. The molecule has 1 fully saturated rings. The van der Waals surface area contributed by atoms with E-state index < -0.39 is 32.5 Å². The van der Waals surface area contributed by atoms with Gasteiger partial charge in [0.15, 0.2) is 0 Å². The van der Waals surface area contributed by atoms with Crippen molar-refractivity contribution in [2.75, 3.05) is 31.0 Å². The molecule has 0 spiro atoms. The predicted octanol–water partition coefficient (Wildman–Crippen LogP) is 4.04. The third kappa shape index (κ3) is 5.06. The van der Waals surface area contributed by atoms with E-state index in [4.69, 9.17) is 4.74 Å². The Morgan fingerprint density at radius 2 is 1.86 bits per heavy atom. The third-order valence-electron chi connectivity index (χ3n) is 4.69. The summed E-state index contributed by atoms with van der Waals surface area (Å²) in [5.41, 5.74) is -0.590. The molecule has 10 heteroatoms. The first kappa shape index (κ1) is 21.5. The van der Waals surface area contributed by atoms with E-state index in [9.17, 15) is 26.0 Å². The number of alkyl halides is 3. The highest BCUT2D eigenvalue weighted by Crippen LogP contribution is 2.33. The molecule has 1 aliphatic rings. The van der Waals surface area contributed by atoms with Crippen LogP contribution in [0.1, 0.15) is 24.2 Å². The second-order valence-electron chi connectivity index (χ2n) is 6.62. The lowest BCUT2D eigenvalue weighted by molar-refractivity contribution is -0.140. The number of anilines is 1. The number of halogens is 4. The minimum absolute atomic E-state index is 0.138. The molecule has 0 saturated carbocycles. The number of likely N-dealkylation sites (N-methyl/N-ethyl adjacent to an activating group) is 1. The lowest BCUT2D eigenvalue weighted by Crippen LogP contribution is -2.38. The number of nitrogens with one attached hydrogen (secondary N) is 1. The lowest BCUT2D eigenvalue weighted by Gasteiger charge is -2.32. The van der Waals surface area contributed by atoms with E-state index >= 15 is 0 Å². The number of morpholine rings is 1. The monoisotopic (exact) mass is 432 g/mol. The minimum Gasteiger partial charge on any atom is -0.371 e. The number of sulfonamides is 1. The average Bonchev–Trinajstić information content (AvgIpc) is 2.67. The van der Waals surface area contributed by atoms with Crippen LogP contribution in [0, 0.1) is 5.82 Å². The molecule has 0 aliphatic carbocycles. The molecule has 3 rings (SSSR count). The summed E-state index contributed by atoms with van der Waals surface area (Å²) in [6.07, 6.45) is -5.13. The van der Waals surface area contributed by atoms with Gasteiger partial charge in [-0.25, -0.2) is 12.8 Å². The fourth-order valence-corrected chi connectivity index (χ4v) is 4.14. The van der Waals surface area contributed by atoms with Crippen LogP contribution in [0.4, 0.5) is 23.2 Å². The van der Waals surface area contributed by atoms with Crippen LogP contribution < -0.4 is 4.72 Å². The summed E-state index contributed by atoms with van der Waals surface area (Å²) in [5.74, 6) is -1.53. The number of ether oxygens (including phenoxy) is 1. The summed E-state index contributed by atoms with van der Waals surface area (Å²) in [7, 11) is -4.32. The molecule has 0 bridgehead atoms. The number of rotatable bonds is 5. The number of hydrogen-bond donors (Lipinski definition) is 1. The van der Waals surface area contributed by atoms with Crippen LogP contribution in [0.15, 0.2) is 47.4 Å². The van der Waals surface area contributed by atoms with Gasteiger partial charge < -0.3 is 4.74 Å². The topological polar surface area (TPSA) is 58.6 Å². The largest absolute Gasteiger partial charge is 0.419 e. The Kier molecular flexibility index (Phi) is 6.16. The summed E-state index contributed by atoms with van der Waals surface area (Å²) in [4.78, 5) is 1.56. The van der Waals surface area contributed by atoms with E-state index in [1.165, 1.54) is 12.1 Å². The number of hydrogen-bond acceptors (Lipinski definition) is 4. The first-order valence-electron chi connectivity index (χ1n) is 8.93. The van der Waals surface area contributed by atoms with Gasteiger partial charge in [-0.1, -0.05) is 19.1 Å². The molecular weight excluding hydrogens is 412 g/mol. The Morgan fingerprint density at radius 3 is 2.48 bits per heavy atom. The van der Waals surface area contributed by atoms with Crippen LogP contribution in [0.2, 0.25) is 0 Å². The zero-order valence-corrected chi connectivity index (χ0v) is 16.4. The molecule has 1 aliphatic heterocycles. The zero-order chi connectivity index (χ0) is 21.2. The van der Waals surface area contributed by atoms with Gasteiger partial charge in [0.2, 0.25) is 0 Å². The van der Waals surface area contributed by atoms with Gasteiger partial charge >= 0.3 is 6.18 Å². The highest BCUT2D eigenvalue weighted by Gasteiger charge is 2.35. The van der Waals surface area contributed by atoms with Crippen LogP contribution in [-0.2, 0) is 20.9 Å². The average molecular weight is 432 g/mol. The van der Waals surface area contributed by atoms with Gasteiger partial charge in [0, 0.05) is 18.8 Å². The van der Waals surface area contributed by atoms with Crippen LogP contribution in [-0.4, -0.2) is 39.6 Å². The zero-order valence-electron chi connectivity index (χ0n) is 15.5. The summed E-state index contributed by atoms with van der Waals surface area (Å²) >= 11 is 0. The second-order valence-corrected chi connectivity index (χ2v) is 8.30. The maximum atomic E-state index is 13.4. The van der Waals surface area contributed by atoms with Crippen molar-refractivity contribution in [3.8, 4) is 0 Å². The molecule has 1 N–H and O–H groups in total. The summed E-state index contributed by atoms with van der Waals surface area (Å²) in [5, 5.41) is 0. The van der Waals surface area contributed by atoms with Crippen molar-refractivity contribution in [1.82, 2.24) is 4.90 Å². The minimum atomic E-state index is -5.00. The van der Waals surface area contributed by atoms with Crippen molar-refractivity contribution in [3.63, 3.8) is 0 Å². The third-order valence-corrected chi connectivity index (χ3v) is 6.06. The second kappa shape index (κ2) is 8.29. The highest BCUT2D eigenvalue weighted by molar-refractivity contribution is 7.92. The highest BCUT2D eigenvalue weighted by atomic mass is 32.2. The van der Waals surface area contributed by atoms with Crippen molar-refractivity contribution >= 4 is 15.7 Å². The SMILES string of the molecule is CCN1CCOC(c2ccc(NS(=O)(=O)c3ccc(F)c(C(F)(F)F)c3)cc2)C1. The van der Waals surface area contributed by atoms with Crippen molar-refractivity contribution in [3.05, 3.63) is 59.4 Å². The molecule has 1 atom stereocenters. The molecule has 0 aromatic heterocycles. The summed E-state index contributed by atoms with van der Waals surface area (Å²) < 4.78 is 84.8. The molecule has 0 amide bonds. The van der Waals surface area contributed by atoms with Gasteiger partial charge in [0.25, 0.3) is 10.0 Å². The van der Waals surface area contributed by atoms with Crippen molar-refractivity contribution in [2.45, 2.75) is 24.1 Å². The molecule has 5 nitrogen and oxygen atoms in total. The molecule has 0 radical (unpaired) electrons. The molecule has 1 heterocycles. The maximum Gasteiger partial charge on any atom is 0.419 e. The van der Waals surface area contributed by atoms with Crippen LogP contribution in [0.3, 0.4) is 0 Å². The van der Waals surface area contributed by atoms with Gasteiger partial charge in [-0.15, -0.1) is 0 Å². The Morgan fingerprint density at radius 1 is 1.17 bits per heavy atom. The fourth-order valence-electron chi connectivity index (χ4n) is 3.06. The normalized spacial score (nSPS) is 18.6. The lowest BCUT2D eigenvalue weighted by atomic mass is 10.1. The van der Waals surface area contributed by atoms with Gasteiger partial charge in [-0.2, -0.15) is 13.2 Å². The van der Waals surface area contributed by atoms with E-state index in [1.54, 1.807) is 12.1 Å². The molecule has 2 aromatic carbocycles. The van der Waals surface area contributed by atoms with Gasteiger partial charge in [0.05, 0.1) is 23.2 Å². The van der Waals surface area contributed by atoms with E-state index in [-0.39, 0.29) is 17.9 Å². The van der Waals surface area contributed by atoms with E-state index in [0.29, 0.717) is 12.7 Å². The Bertz CT molecular complexity index is 962. The molecule has 29 heavy (non-hydrogen) atoms. The van der Waals surface area contributed by atoms with Crippen molar-refractivity contribution in [1.29, 1.82) is 0 Å². The Labute approximate surface area is 166 Å². The number of benzene rings is 2.